The van der Waals surface area contributed by atoms with Gasteiger partial charge in [0.2, 0.25) is 0 Å². The zero-order valence-electron chi connectivity index (χ0n) is 22.5. The summed E-state index contributed by atoms with van der Waals surface area (Å²) < 4.78 is 0. The predicted octanol–water partition coefficient (Wildman–Crippen LogP) is 8.79. The Balaban J connectivity index is 1.37. The minimum Gasteiger partial charge on any atom is -0.256 e. The average molecular weight is 538 g/mol. The standard InChI is InChI=1S/C37H23N5/c1-4-15-29-24(9-1)12-8-18-32(29)36-40-35(41-37(42-36)34-31-17-6-3-11-26(31)20-22-39-34)28-14-7-13-27(23-28)33-30-16-5-2-10-25(30)19-21-38-33/h1-23H. The van der Waals surface area contributed by atoms with Gasteiger partial charge in [-0.15, -0.1) is 0 Å². The Morgan fingerprint density at radius 1 is 0.357 bits per heavy atom. The highest BCUT2D eigenvalue weighted by Crippen LogP contribution is 2.33. The van der Waals surface area contributed by atoms with Crippen LogP contribution >= 0.6 is 0 Å². The Kier molecular flexibility index (Phi) is 5.71. The fourth-order valence-corrected chi connectivity index (χ4v) is 5.60. The average Bonchev–Trinajstić information content (AvgIpc) is 3.07. The molecule has 0 aliphatic carbocycles. The molecular formula is C37H23N5. The molecule has 8 aromatic rings. The maximum absolute atomic E-state index is 5.06. The van der Waals surface area contributed by atoms with Crippen molar-refractivity contribution in [1.29, 1.82) is 0 Å². The monoisotopic (exact) mass is 537 g/mol. The van der Waals surface area contributed by atoms with Gasteiger partial charge in [-0.3, -0.25) is 9.97 Å². The van der Waals surface area contributed by atoms with E-state index < -0.39 is 0 Å². The molecule has 3 aromatic heterocycles. The first-order valence-electron chi connectivity index (χ1n) is 13.8. The molecule has 5 heteroatoms. The fraction of sp³-hybridized carbons (Fsp3) is 0. The maximum Gasteiger partial charge on any atom is 0.183 e. The van der Waals surface area contributed by atoms with E-state index in [1.807, 2.05) is 79.1 Å². The van der Waals surface area contributed by atoms with Crippen molar-refractivity contribution in [3.63, 3.8) is 0 Å². The largest absolute Gasteiger partial charge is 0.256 e. The molecule has 0 saturated carbocycles. The quantitative estimate of drug-likeness (QED) is 0.224. The Morgan fingerprint density at radius 3 is 1.64 bits per heavy atom. The van der Waals surface area contributed by atoms with Gasteiger partial charge >= 0.3 is 0 Å². The van der Waals surface area contributed by atoms with Crippen molar-refractivity contribution in [2.45, 2.75) is 0 Å². The van der Waals surface area contributed by atoms with E-state index in [0.717, 1.165) is 60.4 Å². The molecule has 0 spiro atoms. The SMILES string of the molecule is c1cc(-c2nc(-c3cccc4ccccc34)nc(-c3nccc4ccccc34)n2)cc(-c2nccc3ccccc23)c1. The predicted molar refractivity (Wildman–Crippen MR) is 170 cm³/mol. The summed E-state index contributed by atoms with van der Waals surface area (Å²) in [5, 5.41) is 6.55. The molecule has 0 atom stereocenters. The lowest BCUT2D eigenvalue weighted by Crippen LogP contribution is -2.02. The first-order chi connectivity index (χ1) is 20.8. The van der Waals surface area contributed by atoms with Crippen molar-refractivity contribution >= 4 is 32.3 Å². The molecule has 5 aromatic carbocycles. The molecule has 8 rings (SSSR count). The van der Waals surface area contributed by atoms with E-state index in [2.05, 4.69) is 60.7 Å². The van der Waals surface area contributed by atoms with Gasteiger partial charge in [-0.05, 0) is 39.7 Å². The molecule has 0 amide bonds. The summed E-state index contributed by atoms with van der Waals surface area (Å²) in [6.45, 7) is 0. The Hall–Kier alpha value is -5.81. The van der Waals surface area contributed by atoms with Crippen molar-refractivity contribution in [3.05, 3.63) is 140 Å². The second-order valence-electron chi connectivity index (χ2n) is 10.2. The maximum atomic E-state index is 5.06. The molecule has 0 saturated heterocycles. The third kappa shape index (κ3) is 4.16. The summed E-state index contributed by atoms with van der Waals surface area (Å²) in [5.41, 5.74) is 4.48. The molecule has 0 bridgehead atoms. The summed E-state index contributed by atoms with van der Waals surface area (Å²) >= 11 is 0. The number of benzene rings is 5. The molecule has 3 heterocycles. The molecule has 0 N–H and O–H groups in total. The van der Waals surface area contributed by atoms with E-state index in [4.69, 9.17) is 24.9 Å². The van der Waals surface area contributed by atoms with Crippen LogP contribution in [0, 0.1) is 0 Å². The highest BCUT2D eigenvalue weighted by molar-refractivity contribution is 5.97. The zero-order valence-corrected chi connectivity index (χ0v) is 22.5. The summed E-state index contributed by atoms with van der Waals surface area (Å²) in [7, 11) is 0. The van der Waals surface area contributed by atoms with Crippen LogP contribution < -0.4 is 0 Å². The first kappa shape index (κ1) is 24.0. The second kappa shape index (κ2) is 9.98. The van der Waals surface area contributed by atoms with Crippen LogP contribution in [0.15, 0.2) is 140 Å². The molecule has 5 nitrogen and oxygen atoms in total. The van der Waals surface area contributed by atoms with Gasteiger partial charge in [0, 0.05) is 39.9 Å². The smallest absolute Gasteiger partial charge is 0.183 e. The summed E-state index contributed by atoms with van der Waals surface area (Å²) in [4.78, 5) is 24.6. The van der Waals surface area contributed by atoms with Crippen LogP contribution in [-0.4, -0.2) is 24.9 Å². The summed E-state index contributed by atoms with van der Waals surface area (Å²) in [6, 6.07) is 43.3. The van der Waals surface area contributed by atoms with Gasteiger partial charge in [-0.25, -0.2) is 15.0 Å². The minimum atomic E-state index is 0.536. The Labute approximate surface area is 242 Å². The van der Waals surface area contributed by atoms with Crippen molar-refractivity contribution in [1.82, 2.24) is 24.9 Å². The van der Waals surface area contributed by atoms with E-state index in [1.54, 1.807) is 0 Å². The first-order valence-corrected chi connectivity index (χ1v) is 13.8. The van der Waals surface area contributed by atoms with Crippen LogP contribution in [0.1, 0.15) is 0 Å². The van der Waals surface area contributed by atoms with Crippen LogP contribution in [0.4, 0.5) is 0 Å². The molecule has 0 radical (unpaired) electrons. The van der Waals surface area contributed by atoms with Crippen molar-refractivity contribution < 1.29 is 0 Å². The third-order valence-corrected chi connectivity index (χ3v) is 7.62. The number of hydrogen-bond acceptors (Lipinski definition) is 5. The van der Waals surface area contributed by atoms with Gasteiger partial charge < -0.3 is 0 Å². The molecule has 196 valence electrons. The number of rotatable bonds is 4. The number of fused-ring (bicyclic) bond motifs is 3. The lowest BCUT2D eigenvalue weighted by atomic mass is 10.0. The van der Waals surface area contributed by atoms with Crippen LogP contribution in [-0.2, 0) is 0 Å². The van der Waals surface area contributed by atoms with Crippen molar-refractivity contribution in [2.75, 3.05) is 0 Å². The van der Waals surface area contributed by atoms with E-state index in [9.17, 15) is 0 Å². The Bertz CT molecular complexity index is 2160. The lowest BCUT2D eigenvalue weighted by Gasteiger charge is -2.12. The highest BCUT2D eigenvalue weighted by Gasteiger charge is 2.17. The zero-order chi connectivity index (χ0) is 27.9. The van der Waals surface area contributed by atoms with Crippen molar-refractivity contribution in [3.8, 4) is 45.6 Å². The van der Waals surface area contributed by atoms with Gasteiger partial charge in [0.1, 0.15) is 5.69 Å². The van der Waals surface area contributed by atoms with Gasteiger partial charge in [0.25, 0.3) is 0 Å². The van der Waals surface area contributed by atoms with Gasteiger partial charge in [-0.1, -0.05) is 109 Å². The number of aromatic nitrogens is 5. The Morgan fingerprint density at radius 2 is 0.881 bits per heavy atom. The molecule has 0 aliphatic heterocycles. The molecule has 42 heavy (non-hydrogen) atoms. The van der Waals surface area contributed by atoms with Crippen molar-refractivity contribution in [2.24, 2.45) is 0 Å². The fourth-order valence-electron chi connectivity index (χ4n) is 5.60. The van der Waals surface area contributed by atoms with Crippen LogP contribution in [0.25, 0.3) is 77.9 Å². The number of nitrogens with zero attached hydrogens (tertiary/aromatic N) is 5. The summed E-state index contributed by atoms with van der Waals surface area (Å²) in [6.07, 6.45) is 3.67. The third-order valence-electron chi connectivity index (χ3n) is 7.62. The summed E-state index contributed by atoms with van der Waals surface area (Å²) in [5.74, 6) is 1.73. The van der Waals surface area contributed by atoms with Crippen LogP contribution in [0.3, 0.4) is 0 Å². The molecule has 0 aliphatic rings. The second-order valence-corrected chi connectivity index (χ2v) is 10.2. The van der Waals surface area contributed by atoms with Gasteiger partial charge in [-0.2, -0.15) is 0 Å². The van der Waals surface area contributed by atoms with Gasteiger partial charge in [0.15, 0.2) is 17.5 Å². The van der Waals surface area contributed by atoms with Crippen LogP contribution in [0.2, 0.25) is 0 Å². The highest BCUT2D eigenvalue weighted by atomic mass is 15.0. The minimum absolute atomic E-state index is 0.536. The molecule has 0 fully saturated rings. The van der Waals surface area contributed by atoms with Gasteiger partial charge in [0.05, 0.1) is 5.69 Å². The number of pyridine rings is 2. The number of hydrogen-bond donors (Lipinski definition) is 0. The topological polar surface area (TPSA) is 64.5 Å². The molecular weight excluding hydrogens is 514 g/mol. The van der Waals surface area contributed by atoms with Crippen LogP contribution in [0.5, 0.6) is 0 Å². The van der Waals surface area contributed by atoms with E-state index in [-0.39, 0.29) is 0 Å². The normalized spacial score (nSPS) is 11.3. The lowest BCUT2D eigenvalue weighted by molar-refractivity contribution is 1.06. The molecule has 0 unspecified atom stereocenters. The van der Waals surface area contributed by atoms with E-state index in [0.29, 0.717) is 17.5 Å². The van der Waals surface area contributed by atoms with E-state index in [1.165, 1.54) is 0 Å². The van der Waals surface area contributed by atoms with E-state index >= 15 is 0 Å².